The van der Waals surface area contributed by atoms with Gasteiger partial charge in [0, 0.05) is 5.56 Å². The van der Waals surface area contributed by atoms with Crippen molar-refractivity contribution in [2.45, 2.75) is 0 Å². The Hall–Kier alpha value is -3.09. The van der Waals surface area contributed by atoms with Crippen LogP contribution < -0.4 is 5.73 Å². The molecule has 1 aromatic carbocycles. The number of hydrogen-bond acceptors (Lipinski definition) is 5. The van der Waals surface area contributed by atoms with E-state index in [9.17, 15) is 0 Å². The molecule has 0 fully saturated rings. The average Bonchev–Trinajstić information content (AvgIpc) is 2.98. The highest BCUT2D eigenvalue weighted by Gasteiger charge is 2.07. The molecule has 3 N–H and O–H groups in total. The second-order valence-electron chi connectivity index (χ2n) is 4.08. The number of hydrogen-bond donors (Lipinski definition) is 2. The minimum atomic E-state index is -0.0759. The third kappa shape index (κ3) is 2.24. The highest BCUT2D eigenvalue weighted by atomic mass is 15.6. The van der Waals surface area contributed by atoms with E-state index in [-0.39, 0.29) is 5.84 Å². The summed E-state index contributed by atoms with van der Waals surface area (Å²) < 4.78 is 0. The normalized spacial score (nSPS) is 10.4. The van der Waals surface area contributed by atoms with Crippen molar-refractivity contribution < 1.29 is 0 Å². The third-order valence-electron chi connectivity index (χ3n) is 2.70. The number of aromatic nitrogens is 5. The number of amidine groups is 1. The quantitative estimate of drug-likeness (QED) is 0.543. The van der Waals surface area contributed by atoms with Crippen molar-refractivity contribution in [3.63, 3.8) is 0 Å². The summed E-state index contributed by atoms with van der Waals surface area (Å²) in [7, 11) is 0. The maximum atomic E-state index is 7.29. The lowest BCUT2D eigenvalue weighted by Crippen LogP contribution is -2.13. The molecule has 20 heavy (non-hydrogen) atoms. The van der Waals surface area contributed by atoms with Crippen molar-refractivity contribution in [2.75, 3.05) is 0 Å². The van der Waals surface area contributed by atoms with Gasteiger partial charge in [-0.15, -0.1) is 15.0 Å². The highest BCUT2D eigenvalue weighted by Crippen LogP contribution is 2.13. The van der Waals surface area contributed by atoms with E-state index in [1.807, 2.05) is 30.3 Å². The van der Waals surface area contributed by atoms with Gasteiger partial charge in [-0.1, -0.05) is 30.3 Å². The van der Waals surface area contributed by atoms with E-state index >= 15 is 0 Å². The summed E-state index contributed by atoms with van der Waals surface area (Å²) in [5.41, 5.74) is 7.32. The Morgan fingerprint density at radius 1 is 1.10 bits per heavy atom. The van der Waals surface area contributed by atoms with Crippen LogP contribution in [0, 0.1) is 5.41 Å². The number of tetrazole rings is 1. The van der Waals surface area contributed by atoms with Crippen LogP contribution in [0.1, 0.15) is 5.69 Å². The van der Waals surface area contributed by atoms with E-state index in [1.54, 1.807) is 18.3 Å². The van der Waals surface area contributed by atoms with Gasteiger partial charge in [-0.2, -0.15) is 0 Å². The molecule has 0 unspecified atom stereocenters. The van der Waals surface area contributed by atoms with Crippen molar-refractivity contribution in [3.8, 4) is 17.1 Å². The second kappa shape index (κ2) is 4.88. The van der Waals surface area contributed by atoms with Crippen molar-refractivity contribution in [1.82, 2.24) is 25.2 Å². The SMILES string of the molecule is N=C(N)c1ccc(-n2nnc(-c3ccccc3)n2)cn1. The van der Waals surface area contributed by atoms with Gasteiger partial charge >= 0.3 is 0 Å². The summed E-state index contributed by atoms with van der Waals surface area (Å²) in [6.45, 7) is 0. The predicted molar refractivity (Wildman–Crippen MR) is 73.4 cm³/mol. The second-order valence-corrected chi connectivity index (χ2v) is 4.08. The fourth-order valence-corrected chi connectivity index (χ4v) is 1.69. The first-order valence-electron chi connectivity index (χ1n) is 5.90. The molecule has 98 valence electrons. The van der Waals surface area contributed by atoms with E-state index in [0.717, 1.165) is 5.56 Å². The van der Waals surface area contributed by atoms with Gasteiger partial charge in [0.2, 0.25) is 5.82 Å². The third-order valence-corrected chi connectivity index (χ3v) is 2.70. The molecule has 3 rings (SSSR count). The number of nitrogens with zero attached hydrogens (tertiary/aromatic N) is 5. The Bertz CT molecular complexity index is 731. The van der Waals surface area contributed by atoms with Crippen LogP contribution in [0.25, 0.3) is 17.1 Å². The molecule has 0 aliphatic carbocycles. The Balaban J connectivity index is 1.92. The zero-order chi connectivity index (χ0) is 13.9. The molecule has 0 amide bonds. The number of nitrogen functional groups attached to an aromatic ring is 1. The first-order valence-corrected chi connectivity index (χ1v) is 5.90. The molecule has 0 radical (unpaired) electrons. The molecule has 0 saturated heterocycles. The Morgan fingerprint density at radius 3 is 2.55 bits per heavy atom. The minimum absolute atomic E-state index is 0.0759. The Morgan fingerprint density at radius 2 is 1.90 bits per heavy atom. The van der Waals surface area contributed by atoms with Gasteiger partial charge in [-0.3, -0.25) is 10.4 Å². The van der Waals surface area contributed by atoms with E-state index in [1.165, 1.54) is 4.80 Å². The van der Waals surface area contributed by atoms with Gasteiger partial charge in [0.15, 0.2) is 0 Å². The first kappa shape index (κ1) is 12.0. The molecule has 0 aliphatic rings. The largest absolute Gasteiger partial charge is 0.382 e. The van der Waals surface area contributed by atoms with Crippen LogP contribution in [0.15, 0.2) is 48.7 Å². The van der Waals surface area contributed by atoms with Crippen molar-refractivity contribution in [1.29, 1.82) is 5.41 Å². The van der Waals surface area contributed by atoms with Crippen molar-refractivity contribution in [3.05, 3.63) is 54.4 Å². The lowest BCUT2D eigenvalue weighted by molar-refractivity contribution is 0.717. The van der Waals surface area contributed by atoms with Crippen LogP contribution in [-0.4, -0.2) is 31.0 Å². The van der Waals surface area contributed by atoms with E-state index in [4.69, 9.17) is 11.1 Å². The fraction of sp³-hybridized carbons (Fsp3) is 0. The first-order chi connectivity index (χ1) is 9.74. The van der Waals surface area contributed by atoms with Gasteiger partial charge in [-0.05, 0) is 17.3 Å². The number of pyridine rings is 1. The lowest BCUT2D eigenvalue weighted by Gasteiger charge is -1.99. The molecule has 0 bridgehead atoms. The van der Waals surface area contributed by atoms with E-state index < -0.39 is 0 Å². The van der Waals surface area contributed by atoms with Gasteiger partial charge < -0.3 is 5.73 Å². The summed E-state index contributed by atoms with van der Waals surface area (Å²) >= 11 is 0. The topological polar surface area (TPSA) is 106 Å². The summed E-state index contributed by atoms with van der Waals surface area (Å²) in [5.74, 6) is 0.467. The zero-order valence-corrected chi connectivity index (χ0v) is 10.4. The average molecular weight is 265 g/mol. The molecule has 0 saturated carbocycles. The molecule has 0 spiro atoms. The lowest BCUT2D eigenvalue weighted by atomic mass is 10.2. The summed E-state index contributed by atoms with van der Waals surface area (Å²) in [4.78, 5) is 5.45. The Kier molecular flexibility index (Phi) is 2.92. The molecule has 0 aliphatic heterocycles. The fourth-order valence-electron chi connectivity index (χ4n) is 1.69. The van der Waals surface area contributed by atoms with Crippen molar-refractivity contribution >= 4 is 5.84 Å². The van der Waals surface area contributed by atoms with Gasteiger partial charge in [0.05, 0.1) is 6.20 Å². The Labute approximate surface area is 114 Å². The summed E-state index contributed by atoms with van der Waals surface area (Å²) in [5, 5.41) is 19.6. The van der Waals surface area contributed by atoms with E-state index in [0.29, 0.717) is 17.2 Å². The van der Waals surface area contributed by atoms with E-state index in [2.05, 4.69) is 20.4 Å². The molecule has 2 aromatic heterocycles. The van der Waals surface area contributed by atoms with Crippen LogP contribution in [0.4, 0.5) is 0 Å². The molecule has 3 aromatic rings. The van der Waals surface area contributed by atoms with Gasteiger partial charge in [-0.25, -0.2) is 0 Å². The molecule has 7 nitrogen and oxygen atoms in total. The van der Waals surface area contributed by atoms with Crippen LogP contribution in [0.3, 0.4) is 0 Å². The molecular weight excluding hydrogens is 254 g/mol. The zero-order valence-electron chi connectivity index (χ0n) is 10.4. The molecule has 2 heterocycles. The van der Waals surface area contributed by atoms with Gasteiger partial charge in [0.1, 0.15) is 17.2 Å². The maximum Gasteiger partial charge on any atom is 0.205 e. The minimum Gasteiger partial charge on any atom is -0.382 e. The number of benzene rings is 1. The molecule has 7 heteroatoms. The number of nitrogens with two attached hydrogens (primary N) is 1. The standard InChI is InChI=1S/C13H11N7/c14-12(15)11-7-6-10(8-16-11)20-18-13(17-19-20)9-4-2-1-3-5-9/h1-8H,(H3,14,15). The highest BCUT2D eigenvalue weighted by molar-refractivity contribution is 5.92. The summed E-state index contributed by atoms with van der Waals surface area (Å²) in [6.07, 6.45) is 1.55. The van der Waals surface area contributed by atoms with Crippen molar-refractivity contribution in [2.24, 2.45) is 5.73 Å². The van der Waals surface area contributed by atoms with Crippen LogP contribution in [-0.2, 0) is 0 Å². The smallest absolute Gasteiger partial charge is 0.205 e. The van der Waals surface area contributed by atoms with Crippen LogP contribution >= 0.6 is 0 Å². The predicted octanol–water partition coefficient (Wildman–Crippen LogP) is 1.01. The molecular formula is C13H11N7. The van der Waals surface area contributed by atoms with Gasteiger partial charge in [0.25, 0.3) is 0 Å². The van der Waals surface area contributed by atoms with Crippen LogP contribution in [0.2, 0.25) is 0 Å². The summed E-state index contributed by atoms with van der Waals surface area (Å²) in [6, 6.07) is 13.0. The number of rotatable bonds is 3. The maximum absolute atomic E-state index is 7.29. The number of nitrogens with one attached hydrogen (secondary N) is 1. The monoisotopic (exact) mass is 265 g/mol. The molecule has 0 atom stereocenters. The van der Waals surface area contributed by atoms with Crippen LogP contribution in [0.5, 0.6) is 0 Å².